The SMILES string of the molecule is Cc1ccc(S(=O)(=O)N2CCC(C(=O)Nc3ccc(-c4ncc5n4CCCC5)cc3)CC2)cc1C. The Kier molecular flexibility index (Phi) is 6.51. The van der Waals surface area contributed by atoms with Crippen molar-refractivity contribution in [1.29, 1.82) is 0 Å². The van der Waals surface area contributed by atoms with Crippen LogP contribution >= 0.6 is 0 Å². The summed E-state index contributed by atoms with van der Waals surface area (Å²) in [5.74, 6) is 0.717. The summed E-state index contributed by atoms with van der Waals surface area (Å²) in [6, 6.07) is 13.1. The van der Waals surface area contributed by atoms with Gasteiger partial charge in [-0.2, -0.15) is 4.31 Å². The lowest BCUT2D eigenvalue weighted by molar-refractivity contribution is -0.120. The number of anilines is 1. The van der Waals surface area contributed by atoms with Crippen molar-refractivity contribution in [3.63, 3.8) is 0 Å². The van der Waals surface area contributed by atoms with Gasteiger partial charge < -0.3 is 9.88 Å². The summed E-state index contributed by atoms with van der Waals surface area (Å²) in [6.07, 6.45) is 6.45. The van der Waals surface area contributed by atoms with Crippen molar-refractivity contribution in [3.8, 4) is 11.4 Å². The first-order valence-corrected chi connectivity index (χ1v) is 13.8. The number of benzene rings is 2. The Morgan fingerprint density at radius 3 is 2.43 bits per heavy atom. The second-order valence-corrected chi connectivity index (χ2v) is 11.6. The molecule has 1 amide bonds. The number of aryl methyl sites for hydroxylation is 3. The molecule has 184 valence electrons. The maximum Gasteiger partial charge on any atom is 0.243 e. The number of hydrogen-bond donors (Lipinski definition) is 1. The van der Waals surface area contributed by atoms with E-state index in [0.717, 1.165) is 41.2 Å². The van der Waals surface area contributed by atoms with Gasteiger partial charge in [-0.1, -0.05) is 6.07 Å². The van der Waals surface area contributed by atoms with Crippen LogP contribution in [0.5, 0.6) is 0 Å². The standard InChI is InChI=1S/C27H32N4O3S/c1-19-6-11-25(17-20(19)2)35(33,34)30-15-12-22(13-16-30)27(32)29-23-9-7-21(8-10-23)26-28-18-24-5-3-4-14-31(24)26/h6-11,17-18,22H,3-5,12-16H2,1-2H3,(H,29,32). The molecule has 1 aromatic heterocycles. The summed E-state index contributed by atoms with van der Waals surface area (Å²) < 4.78 is 29.9. The minimum atomic E-state index is -3.55. The molecular weight excluding hydrogens is 460 g/mol. The molecule has 7 nitrogen and oxygen atoms in total. The number of rotatable bonds is 5. The first kappa shape index (κ1) is 23.8. The van der Waals surface area contributed by atoms with Gasteiger partial charge in [-0.25, -0.2) is 13.4 Å². The molecule has 0 bridgehead atoms. The minimum Gasteiger partial charge on any atom is -0.328 e. The molecular formula is C27H32N4O3S. The fourth-order valence-corrected chi connectivity index (χ4v) is 6.55. The molecule has 35 heavy (non-hydrogen) atoms. The molecule has 0 atom stereocenters. The van der Waals surface area contributed by atoms with Gasteiger partial charge in [-0.15, -0.1) is 0 Å². The molecule has 1 fully saturated rings. The maximum atomic E-state index is 13.1. The lowest BCUT2D eigenvalue weighted by atomic mass is 9.97. The fraction of sp³-hybridized carbons (Fsp3) is 0.407. The molecule has 2 aromatic carbocycles. The summed E-state index contributed by atoms with van der Waals surface area (Å²) in [7, 11) is -3.55. The van der Waals surface area contributed by atoms with Crippen LogP contribution in [-0.2, 0) is 27.8 Å². The molecule has 0 radical (unpaired) electrons. The van der Waals surface area contributed by atoms with Gasteiger partial charge >= 0.3 is 0 Å². The first-order valence-electron chi connectivity index (χ1n) is 12.4. The number of sulfonamides is 1. The average Bonchev–Trinajstić information content (AvgIpc) is 3.30. The smallest absolute Gasteiger partial charge is 0.243 e. The summed E-state index contributed by atoms with van der Waals surface area (Å²) in [5, 5.41) is 3.01. The van der Waals surface area contributed by atoms with Gasteiger partial charge in [0.2, 0.25) is 15.9 Å². The summed E-state index contributed by atoms with van der Waals surface area (Å²) in [6.45, 7) is 5.57. The van der Waals surface area contributed by atoms with E-state index >= 15 is 0 Å². The molecule has 0 aliphatic carbocycles. The Morgan fingerprint density at radius 2 is 1.71 bits per heavy atom. The molecule has 0 spiro atoms. The zero-order chi connectivity index (χ0) is 24.6. The van der Waals surface area contributed by atoms with Crippen LogP contribution in [0.1, 0.15) is 42.5 Å². The Balaban J connectivity index is 1.19. The van der Waals surface area contributed by atoms with E-state index in [2.05, 4.69) is 14.9 Å². The predicted molar refractivity (Wildman–Crippen MR) is 137 cm³/mol. The van der Waals surface area contributed by atoms with Gasteiger partial charge in [0, 0.05) is 48.7 Å². The van der Waals surface area contributed by atoms with Crippen LogP contribution in [-0.4, -0.2) is 41.3 Å². The number of nitrogens with zero attached hydrogens (tertiary/aromatic N) is 3. The van der Waals surface area contributed by atoms with Gasteiger partial charge in [0.25, 0.3) is 0 Å². The lowest BCUT2D eigenvalue weighted by Gasteiger charge is -2.30. The molecule has 2 aliphatic heterocycles. The molecule has 0 saturated carbocycles. The van der Waals surface area contributed by atoms with Gasteiger partial charge in [-0.05, 0) is 93.5 Å². The Morgan fingerprint density at radius 1 is 0.971 bits per heavy atom. The number of aromatic nitrogens is 2. The van der Waals surface area contributed by atoms with Crippen LogP contribution in [0.4, 0.5) is 5.69 Å². The number of hydrogen-bond acceptors (Lipinski definition) is 4. The van der Waals surface area contributed by atoms with Crippen molar-refractivity contribution in [1.82, 2.24) is 13.9 Å². The molecule has 2 aliphatic rings. The Hall–Kier alpha value is -2.97. The van der Waals surface area contributed by atoms with Gasteiger partial charge in [0.05, 0.1) is 4.90 Å². The number of piperidine rings is 1. The maximum absolute atomic E-state index is 13.1. The van der Waals surface area contributed by atoms with Gasteiger partial charge in [0.1, 0.15) is 5.82 Å². The highest BCUT2D eigenvalue weighted by Crippen LogP contribution is 2.28. The molecule has 8 heteroatoms. The van der Waals surface area contributed by atoms with E-state index in [1.165, 1.54) is 22.8 Å². The van der Waals surface area contributed by atoms with Gasteiger partial charge in [0.15, 0.2) is 0 Å². The van der Waals surface area contributed by atoms with E-state index in [1.807, 2.05) is 50.4 Å². The number of carbonyl (C=O) groups is 1. The molecule has 3 aromatic rings. The van der Waals surface area contributed by atoms with E-state index < -0.39 is 10.0 Å². The Bertz CT molecular complexity index is 1340. The molecule has 5 rings (SSSR count). The average molecular weight is 493 g/mol. The number of amides is 1. The van der Waals surface area contributed by atoms with Crippen LogP contribution in [0.25, 0.3) is 11.4 Å². The number of nitrogens with one attached hydrogen (secondary N) is 1. The second kappa shape index (κ2) is 9.59. The van der Waals surface area contributed by atoms with Crippen molar-refractivity contribution in [2.75, 3.05) is 18.4 Å². The van der Waals surface area contributed by atoms with Crippen molar-refractivity contribution < 1.29 is 13.2 Å². The van der Waals surface area contributed by atoms with Crippen LogP contribution in [0.3, 0.4) is 0 Å². The summed E-state index contributed by atoms with van der Waals surface area (Å²) in [5.41, 5.74) is 5.10. The highest BCUT2D eigenvalue weighted by molar-refractivity contribution is 7.89. The lowest BCUT2D eigenvalue weighted by Crippen LogP contribution is -2.41. The fourth-order valence-electron chi connectivity index (χ4n) is 5.00. The van der Waals surface area contributed by atoms with Crippen LogP contribution in [0, 0.1) is 19.8 Å². The van der Waals surface area contributed by atoms with Gasteiger partial charge in [-0.3, -0.25) is 4.79 Å². The number of carbonyl (C=O) groups excluding carboxylic acids is 1. The monoisotopic (exact) mass is 492 g/mol. The highest BCUT2D eigenvalue weighted by Gasteiger charge is 2.32. The molecule has 1 N–H and O–H groups in total. The van der Waals surface area contributed by atoms with Crippen molar-refractivity contribution in [2.24, 2.45) is 5.92 Å². The second-order valence-electron chi connectivity index (χ2n) is 9.67. The van der Waals surface area contributed by atoms with Crippen molar-refractivity contribution in [3.05, 3.63) is 65.5 Å². The zero-order valence-electron chi connectivity index (χ0n) is 20.3. The van der Waals surface area contributed by atoms with Crippen molar-refractivity contribution >= 4 is 21.6 Å². The summed E-state index contributed by atoms with van der Waals surface area (Å²) in [4.78, 5) is 17.8. The molecule has 3 heterocycles. The van der Waals surface area contributed by atoms with Crippen LogP contribution < -0.4 is 5.32 Å². The normalized spacial score (nSPS) is 17.2. The third-order valence-corrected chi connectivity index (χ3v) is 9.25. The molecule has 0 unspecified atom stereocenters. The third-order valence-electron chi connectivity index (χ3n) is 7.35. The largest absolute Gasteiger partial charge is 0.328 e. The Labute approximate surface area is 207 Å². The quantitative estimate of drug-likeness (QED) is 0.567. The van der Waals surface area contributed by atoms with E-state index in [4.69, 9.17) is 0 Å². The minimum absolute atomic E-state index is 0.0563. The predicted octanol–water partition coefficient (Wildman–Crippen LogP) is 4.54. The number of fused-ring (bicyclic) bond motifs is 1. The topological polar surface area (TPSA) is 84.3 Å². The van der Waals surface area contributed by atoms with E-state index in [9.17, 15) is 13.2 Å². The van der Waals surface area contributed by atoms with Crippen LogP contribution in [0.2, 0.25) is 0 Å². The zero-order valence-corrected chi connectivity index (χ0v) is 21.1. The van der Waals surface area contributed by atoms with E-state index in [0.29, 0.717) is 30.8 Å². The number of imidazole rings is 1. The molecule has 1 saturated heterocycles. The summed E-state index contributed by atoms with van der Waals surface area (Å²) >= 11 is 0. The third kappa shape index (κ3) is 4.77. The van der Waals surface area contributed by atoms with E-state index in [1.54, 1.807) is 12.1 Å². The van der Waals surface area contributed by atoms with E-state index in [-0.39, 0.29) is 11.8 Å². The highest BCUT2D eigenvalue weighted by atomic mass is 32.2. The van der Waals surface area contributed by atoms with Crippen LogP contribution in [0.15, 0.2) is 53.6 Å². The first-order chi connectivity index (χ1) is 16.8. The van der Waals surface area contributed by atoms with Crippen molar-refractivity contribution in [2.45, 2.75) is 57.4 Å².